The molecule has 0 spiro atoms. The zero-order valence-corrected chi connectivity index (χ0v) is 10.8. The summed E-state index contributed by atoms with van der Waals surface area (Å²) >= 11 is 5.86. The van der Waals surface area contributed by atoms with Crippen molar-refractivity contribution in [3.8, 4) is 6.07 Å². The lowest BCUT2D eigenvalue weighted by Gasteiger charge is -2.18. The number of rotatable bonds is 1. The number of benzene rings is 1. The highest BCUT2D eigenvalue weighted by Crippen LogP contribution is 2.37. The maximum atomic E-state index is 12.2. The van der Waals surface area contributed by atoms with Crippen molar-refractivity contribution in [2.45, 2.75) is 20.3 Å². The van der Waals surface area contributed by atoms with Gasteiger partial charge in [0.2, 0.25) is 11.8 Å². The van der Waals surface area contributed by atoms with Gasteiger partial charge in [-0.3, -0.25) is 9.59 Å². The fourth-order valence-electron chi connectivity index (χ4n) is 1.98. The van der Waals surface area contributed by atoms with E-state index < -0.39 is 5.41 Å². The number of hydrogen-bond donors (Lipinski definition) is 0. The van der Waals surface area contributed by atoms with Gasteiger partial charge in [0.15, 0.2) is 0 Å². The average molecular weight is 263 g/mol. The Bertz CT molecular complexity index is 587. The first-order valence-electron chi connectivity index (χ1n) is 5.44. The first-order valence-corrected chi connectivity index (χ1v) is 5.81. The van der Waals surface area contributed by atoms with Crippen molar-refractivity contribution < 1.29 is 9.59 Å². The second-order valence-electron chi connectivity index (χ2n) is 4.87. The number of hydrogen-bond acceptors (Lipinski definition) is 3. The molecule has 1 aliphatic rings. The average Bonchev–Trinajstić information content (AvgIpc) is 2.48. The lowest BCUT2D eigenvalue weighted by atomic mass is 9.92. The summed E-state index contributed by atoms with van der Waals surface area (Å²) in [5.74, 6) is -0.602. The molecule has 0 radical (unpaired) electrons. The van der Waals surface area contributed by atoms with E-state index in [0.29, 0.717) is 5.02 Å². The van der Waals surface area contributed by atoms with Gasteiger partial charge in [-0.1, -0.05) is 25.4 Å². The molecule has 0 bridgehead atoms. The van der Waals surface area contributed by atoms with Crippen LogP contribution in [0.15, 0.2) is 18.2 Å². The fourth-order valence-corrected chi connectivity index (χ4v) is 2.14. The van der Waals surface area contributed by atoms with Crippen LogP contribution >= 0.6 is 11.6 Å². The number of anilines is 1. The molecule has 1 heterocycles. The summed E-state index contributed by atoms with van der Waals surface area (Å²) in [5.41, 5.74) is -0.198. The number of carbonyl (C=O) groups excluding carboxylic acids is 2. The van der Waals surface area contributed by atoms with Crippen LogP contribution in [0.25, 0.3) is 0 Å². The van der Waals surface area contributed by atoms with Gasteiger partial charge in [0.05, 0.1) is 16.7 Å². The Balaban J connectivity index is 2.57. The van der Waals surface area contributed by atoms with Crippen molar-refractivity contribution in [1.29, 1.82) is 5.26 Å². The van der Waals surface area contributed by atoms with Gasteiger partial charge in [-0.2, -0.15) is 5.26 Å². The quantitative estimate of drug-likeness (QED) is 0.731. The summed E-state index contributed by atoms with van der Waals surface area (Å²) < 4.78 is 0. The summed E-state index contributed by atoms with van der Waals surface area (Å²) in [7, 11) is 0. The highest BCUT2D eigenvalue weighted by molar-refractivity contribution is 6.31. The van der Waals surface area contributed by atoms with Gasteiger partial charge in [0.1, 0.15) is 6.07 Å². The van der Waals surface area contributed by atoms with E-state index in [1.807, 2.05) is 6.07 Å². The summed E-state index contributed by atoms with van der Waals surface area (Å²) in [4.78, 5) is 25.2. The normalized spacial score (nSPS) is 18.0. The summed E-state index contributed by atoms with van der Waals surface area (Å²) in [6, 6.07) is 6.49. The zero-order chi connectivity index (χ0) is 13.5. The predicted molar refractivity (Wildman–Crippen MR) is 67.1 cm³/mol. The highest BCUT2D eigenvalue weighted by Gasteiger charge is 2.46. The summed E-state index contributed by atoms with van der Waals surface area (Å²) in [5, 5.41) is 9.41. The van der Waals surface area contributed by atoms with Crippen LogP contribution < -0.4 is 4.90 Å². The molecule has 0 saturated carbocycles. The molecule has 2 rings (SSSR count). The third kappa shape index (κ3) is 1.87. The molecule has 4 nitrogen and oxygen atoms in total. The first kappa shape index (κ1) is 12.6. The monoisotopic (exact) mass is 262 g/mol. The number of amides is 2. The van der Waals surface area contributed by atoms with E-state index in [-0.39, 0.29) is 29.5 Å². The molecule has 1 aliphatic heterocycles. The molecule has 5 heteroatoms. The molecular weight excluding hydrogens is 252 g/mol. The molecule has 0 aromatic heterocycles. The van der Waals surface area contributed by atoms with Crippen LogP contribution in [0.2, 0.25) is 5.02 Å². The van der Waals surface area contributed by atoms with E-state index in [1.54, 1.807) is 19.9 Å². The van der Waals surface area contributed by atoms with E-state index in [2.05, 4.69) is 0 Å². The fraction of sp³-hybridized carbons (Fsp3) is 0.308. The Morgan fingerprint density at radius 3 is 2.56 bits per heavy atom. The van der Waals surface area contributed by atoms with Gasteiger partial charge in [-0.25, -0.2) is 4.90 Å². The van der Waals surface area contributed by atoms with Crippen molar-refractivity contribution in [1.82, 2.24) is 0 Å². The van der Waals surface area contributed by atoms with E-state index >= 15 is 0 Å². The van der Waals surface area contributed by atoms with Gasteiger partial charge >= 0.3 is 0 Å². The zero-order valence-electron chi connectivity index (χ0n) is 10.0. The maximum Gasteiger partial charge on any atom is 0.239 e. The third-order valence-corrected chi connectivity index (χ3v) is 3.18. The molecule has 0 unspecified atom stereocenters. The van der Waals surface area contributed by atoms with Crippen molar-refractivity contribution in [3.63, 3.8) is 0 Å². The number of carbonyl (C=O) groups is 2. The third-order valence-electron chi connectivity index (χ3n) is 2.95. The van der Waals surface area contributed by atoms with Crippen molar-refractivity contribution >= 4 is 29.1 Å². The van der Waals surface area contributed by atoms with Crippen LogP contribution in [0.4, 0.5) is 5.69 Å². The Labute approximate surface area is 110 Å². The predicted octanol–water partition coefficient (Wildman–Crippen LogP) is 2.50. The van der Waals surface area contributed by atoms with Crippen LogP contribution in [0.5, 0.6) is 0 Å². The molecule has 18 heavy (non-hydrogen) atoms. The van der Waals surface area contributed by atoms with E-state index in [4.69, 9.17) is 16.9 Å². The molecular formula is C13H11ClN2O2. The van der Waals surface area contributed by atoms with E-state index in [1.165, 1.54) is 12.1 Å². The molecule has 1 aromatic rings. The number of nitriles is 1. The molecule has 0 N–H and O–H groups in total. The van der Waals surface area contributed by atoms with Crippen LogP contribution in [0.1, 0.15) is 25.8 Å². The standard InChI is InChI=1S/C13H11ClN2O2/c1-13(2)6-11(17)16(12(13)18)10-5-9(14)4-3-8(10)7-15/h3-5H,6H2,1-2H3. The highest BCUT2D eigenvalue weighted by atomic mass is 35.5. The minimum Gasteiger partial charge on any atom is -0.274 e. The molecule has 1 aromatic carbocycles. The van der Waals surface area contributed by atoms with E-state index in [0.717, 1.165) is 4.90 Å². The number of imide groups is 1. The minimum atomic E-state index is -0.730. The maximum absolute atomic E-state index is 12.2. The van der Waals surface area contributed by atoms with Gasteiger partial charge in [0, 0.05) is 11.4 Å². The smallest absolute Gasteiger partial charge is 0.239 e. The Hall–Kier alpha value is -1.86. The minimum absolute atomic E-state index is 0.142. The van der Waals surface area contributed by atoms with Gasteiger partial charge in [-0.05, 0) is 18.2 Å². The van der Waals surface area contributed by atoms with Gasteiger partial charge in [0.25, 0.3) is 0 Å². The van der Waals surface area contributed by atoms with Crippen LogP contribution in [0, 0.1) is 16.7 Å². The summed E-state index contributed by atoms with van der Waals surface area (Å²) in [6.45, 7) is 3.42. The Morgan fingerprint density at radius 2 is 2.06 bits per heavy atom. The molecule has 1 saturated heterocycles. The molecule has 2 amide bonds. The topological polar surface area (TPSA) is 61.2 Å². The van der Waals surface area contributed by atoms with Crippen LogP contribution in [-0.4, -0.2) is 11.8 Å². The Morgan fingerprint density at radius 1 is 1.39 bits per heavy atom. The van der Waals surface area contributed by atoms with Gasteiger partial charge in [-0.15, -0.1) is 0 Å². The Kier molecular flexibility index (Phi) is 2.88. The second kappa shape index (κ2) is 4.11. The first-order chi connectivity index (χ1) is 8.36. The number of halogens is 1. The van der Waals surface area contributed by atoms with Crippen LogP contribution in [0.3, 0.4) is 0 Å². The lowest BCUT2D eigenvalue weighted by Crippen LogP contribution is -2.33. The van der Waals surface area contributed by atoms with E-state index in [9.17, 15) is 9.59 Å². The van der Waals surface area contributed by atoms with Gasteiger partial charge < -0.3 is 0 Å². The van der Waals surface area contributed by atoms with Crippen LogP contribution in [-0.2, 0) is 9.59 Å². The number of nitrogens with zero attached hydrogens (tertiary/aromatic N) is 2. The lowest BCUT2D eigenvalue weighted by molar-refractivity contribution is -0.124. The van der Waals surface area contributed by atoms with Crippen molar-refractivity contribution in [3.05, 3.63) is 28.8 Å². The molecule has 92 valence electrons. The second-order valence-corrected chi connectivity index (χ2v) is 5.30. The molecule has 0 atom stereocenters. The largest absolute Gasteiger partial charge is 0.274 e. The van der Waals surface area contributed by atoms with Crippen molar-refractivity contribution in [2.24, 2.45) is 5.41 Å². The SMILES string of the molecule is CC1(C)CC(=O)N(c2cc(Cl)ccc2C#N)C1=O. The molecule has 0 aliphatic carbocycles. The summed E-state index contributed by atoms with van der Waals surface area (Å²) in [6.07, 6.45) is 0.142. The van der Waals surface area contributed by atoms with Crippen molar-refractivity contribution in [2.75, 3.05) is 4.90 Å². The molecule has 1 fully saturated rings.